The highest BCUT2D eigenvalue weighted by molar-refractivity contribution is 6.30. The van der Waals surface area contributed by atoms with E-state index in [-0.39, 0.29) is 17.1 Å². The Hall–Kier alpha value is -1.95. The minimum absolute atomic E-state index is 0.171. The number of hydrogen-bond donors (Lipinski definition) is 2. The topological polar surface area (TPSA) is 57.8 Å². The lowest BCUT2D eigenvalue weighted by molar-refractivity contribution is 0.0946. The van der Waals surface area contributed by atoms with Gasteiger partial charge < -0.3 is 5.32 Å². The lowest BCUT2D eigenvalue weighted by Gasteiger charge is -2.06. The maximum absolute atomic E-state index is 13.5. The number of H-pyrrole nitrogens is 1. The minimum Gasteiger partial charge on any atom is -0.348 e. The Kier molecular flexibility index (Phi) is 3.80. The molecule has 0 bridgehead atoms. The van der Waals surface area contributed by atoms with Crippen molar-refractivity contribution in [3.63, 3.8) is 0 Å². The molecule has 0 saturated heterocycles. The fourth-order valence-corrected chi connectivity index (χ4v) is 1.67. The van der Waals surface area contributed by atoms with Gasteiger partial charge in [-0.2, -0.15) is 5.10 Å². The van der Waals surface area contributed by atoms with Crippen molar-refractivity contribution in [2.24, 2.45) is 0 Å². The summed E-state index contributed by atoms with van der Waals surface area (Å²) < 4.78 is 26.7. The number of rotatable bonds is 3. The Balaban J connectivity index is 2.12. The number of aromatic nitrogens is 2. The van der Waals surface area contributed by atoms with Crippen LogP contribution in [-0.4, -0.2) is 16.1 Å². The van der Waals surface area contributed by atoms with Crippen LogP contribution in [0.4, 0.5) is 8.78 Å². The molecule has 0 saturated carbocycles. The normalized spacial score (nSPS) is 10.5. The molecule has 1 aromatic carbocycles. The molecule has 7 heteroatoms. The van der Waals surface area contributed by atoms with Gasteiger partial charge in [-0.05, 0) is 19.1 Å². The zero-order valence-corrected chi connectivity index (χ0v) is 10.7. The third-order valence-corrected chi connectivity index (χ3v) is 2.92. The summed E-state index contributed by atoms with van der Waals surface area (Å²) in [4.78, 5) is 11.7. The van der Waals surface area contributed by atoms with Gasteiger partial charge in [0.2, 0.25) is 0 Å². The first-order chi connectivity index (χ1) is 8.99. The van der Waals surface area contributed by atoms with Gasteiger partial charge in [-0.1, -0.05) is 11.6 Å². The summed E-state index contributed by atoms with van der Waals surface area (Å²) in [6.07, 6.45) is 1.55. The SMILES string of the molecule is Cc1[nH]ncc1CNC(=O)c1cc(F)c(Cl)cc1F. The molecule has 4 nitrogen and oxygen atoms in total. The van der Waals surface area contributed by atoms with Crippen LogP contribution in [0.15, 0.2) is 18.3 Å². The number of carbonyl (C=O) groups is 1. The van der Waals surface area contributed by atoms with Gasteiger partial charge in [-0.25, -0.2) is 8.78 Å². The largest absolute Gasteiger partial charge is 0.348 e. The van der Waals surface area contributed by atoms with Crippen LogP contribution < -0.4 is 5.32 Å². The summed E-state index contributed by atoms with van der Waals surface area (Å²) in [6, 6.07) is 1.55. The highest BCUT2D eigenvalue weighted by Gasteiger charge is 2.15. The second-order valence-corrected chi connectivity index (χ2v) is 4.36. The Morgan fingerprint density at radius 2 is 2.16 bits per heavy atom. The average molecular weight is 286 g/mol. The highest BCUT2D eigenvalue weighted by Crippen LogP contribution is 2.19. The number of amides is 1. The smallest absolute Gasteiger partial charge is 0.254 e. The highest BCUT2D eigenvalue weighted by atomic mass is 35.5. The summed E-state index contributed by atoms with van der Waals surface area (Å²) >= 11 is 5.41. The quantitative estimate of drug-likeness (QED) is 0.852. The molecule has 0 aliphatic heterocycles. The number of nitrogens with zero attached hydrogens (tertiary/aromatic N) is 1. The summed E-state index contributed by atoms with van der Waals surface area (Å²) in [5, 5.41) is 8.61. The van der Waals surface area contributed by atoms with Crippen molar-refractivity contribution < 1.29 is 13.6 Å². The van der Waals surface area contributed by atoms with E-state index < -0.39 is 17.5 Å². The van der Waals surface area contributed by atoms with Gasteiger partial charge in [0, 0.05) is 17.8 Å². The first-order valence-electron chi connectivity index (χ1n) is 5.40. The van der Waals surface area contributed by atoms with E-state index in [4.69, 9.17) is 11.6 Å². The number of carbonyl (C=O) groups excluding carboxylic acids is 1. The van der Waals surface area contributed by atoms with Crippen molar-refractivity contribution in [1.82, 2.24) is 15.5 Å². The molecule has 0 radical (unpaired) electrons. The van der Waals surface area contributed by atoms with Crippen LogP contribution in [0.1, 0.15) is 21.6 Å². The van der Waals surface area contributed by atoms with Gasteiger partial charge in [0.15, 0.2) is 0 Å². The molecule has 1 heterocycles. The van der Waals surface area contributed by atoms with E-state index in [2.05, 4.69) is 15.5 Å². The van der Waals surface area contributed by atoms with E-state index >= 15 is 0 Å². The molecule has 19 heavy (non-hydrogen) atoms. The molecule has 0 unspecified atom stereocenters. The lowest BCUT2D eigenvalue weighted by Crippen LogP contribution is -2.24. The van der Waals surface area contributed by atoms with Gasteiger partial charge in [0.05, 0.1) is 16.8 Å². The Labute approximate surface area is 112 Å². The fourth-order valence-electron chi connectivity index (χ4n) is 1.52. The predicted molar refractivity (Wildman–Crippen MR) is 65.9 cm³/mol. The van der Waals surface area contributed by atoms with E-state index in [1.807, 2.05) is 0 Å². The summed E-state index contributed by atoms with van der Waals surface area (Å²) in [5.74, 6) is -2.42. The Morgan fingerprint density at radius 1 is 1.42 bits per heavy atom. The third-order valence-electron chi connectivity index (χ3n) is 2.63. The summed E-state index contributed by atoms with van der Waals surface area (Å²) in [5.41, 5.74) is 1.18. The van der Waals surface area contributed by atoms with Gasteiger partial charge in [0.25, 0.3) is 5.91 Å². The Morgan fingerprint density at radius 3 is 2.79 bits per heavy atom. The molecule has 2 aromatic rings. The van der Waals surface area contributed by atoms with Gasteiger partial charge in [-0.15, -0.1) is 0 Å². The molecule has 2 N–H and O–H groups in total. The van der Waals surface area contributed by atoms with E-state index in [1.54, 1.807) is 13.1 Å². The number of benzene rings is 1. The number of aryl methyl sites for hydroxylation is 1. The molecular weight excluding hydrogens is 276 g/mol. The molecule has 0 spiro atoms. The number of hydrogen-bond acceptors (Lipinski definition) is 2. The second-order valence-electron chi connectivity index (χ2n) is 3.95. The first kappa shape index (κ1) is 13.5. The molecule has 100 valence electrons. The molecule has 1 amide bonds. The standard InChI is InChI=1S/C12H10ClF2N3O/c1-6-7(5-17-18-6)4-16-12(19)8-2-11(15)9(13)3-10(8)14/h2-3,5H,4H2,1H3,(H,16,19)(H,17,18). The van der Waals surface area contributed by atoms with E-state index in [9.17, 15) is 13.6 Å². The van der Waals surface area contributed by atoms with Crippen molar-refractivity contribution in [2.75, 3.05) is 0 Å². The fraction of sp³-hybridized carbons (Fsp3) is 0.167. The zero-order valence-electron chi connectivity index (χ0n) is 9.93. The van der Waals surface area contributed by atoms with E-state index in [0.717, 1.165) is 23.4 Å². The zero-order chi connectivity index (χ0) is 14.0. The number of aromatic amines is 1. The van der Waals surface area contributed by atoms with Crippen LogP contribution in [-0.2, 0) is 6.54 Å². The van der Waals surface area contributed by atoms with Crippen molar-refractivity contribution in [3.05, 3.63) is 51.8 Å². The summed E-state index contributed by atoms with van der Waals surface area (Å²) in [6.45, 7) is 1.96. The van der Waals surface area contributed by atoms with E-state index in [0.29, 0.717) is 0 Å². The summed E-state index contributed by atoms with van der Waals surface area (Å²) in [7, 11) is 0. The Bertz CT molecular complexity index is 627. The van der Waals surface area contributed by atoms with Crippen LogP contribution in [0.3, 0.4) is 0 Å². The average Bonchev–Trinajstić information content (AvgIpc) is 2.76. The van der Waals surface area contributed by atoms with Crippen LogP contribution >= 0.6 is 11.6 Å². The number of nitrogens with one attached hydrogen (secondary N) is 2. The van der Waals surface area contributed by atoms with E-state index in [1.165, 1.54) is 0 Å². The maximum atomic E-state index is 13.5. The van der Waals surface area contributed by atoms with Crippen molar-refractivity contribution in [2.45, 2.75) is 13.5 Å². The van der Waals surface area contributed by atoms with Crippen molar-refractivity contribution in [3.8, 4) is 0 Å². The monoisotopic (exact) mass is 285 g/mol. The molecule has 0 aliphatic carbocycles. The molecule has 0 atom stereocenters. The second kappa shape index (κ2) is 5.36. The van der Waals surface area contributed by atoms with Crippen LogP contribution in [0.5, 0.6) is 0 Å². The van der Waals surface area contributed by atoms with Gasteiger partial charge in [0.1, 0.15) is 11.6 Å². The third kappa shape index (κ3) is 2.90. The van der Waals surface area contributed by atoms with Crippen LogP contribution in [0, 0.1) is 18.6 Å². The van der Waals surface area contributed by atoms with Crippen molar-refractivity contribution in [1.29, 1.82) is 0 Å². The molecular formula is C12H10ClF2N3O. The molecule has 0 fully saturated rings. The molecule has 0 aliphatic rings. The maximum Gasteiger partial charge on any atom is 0.254 e. The number of halogens is 3. The van der Waals surface area contributed by atoms with Gasteiger partial charge >= 0.3 is 0 Å². The minimum atomic E-state index is -0.868. The molecule has 1 aromatic heterocycles. The lowest BCUT2D eigenvalue weighted by atomic mass is 10.2. The van der Waals surface area contributed by atoms with Crippen LogP contribution in [0.25, 0.3) is 0 Å². The predicted octanol–water partition coefficient (Wildman–Crippen LogP) is 2.58. The first-order valence-corrected chi connectivity index (χ1v) is 5.78. The van der Waals surface area contributed by atoms with Gasteiger partial charge in [-0.3, -0.25) is 9.89 Å². The van der Waals surface area contributed by atoms with Crippen molar-refractivity contribution >= 4 is 17.5 Å². The molecule has 2 rings (SSSR count). The van der Waals surface area contributed by atoms with Crippen LogP contribution in [0.2, 0.25) is 5.02 Å².